The summed E-state index contributed by atoms with van der Waals surface area (Å²) < 4.78 is 0. The average molecular weight is 270 g/mol. The van der Waals surface area contributed by atoms with Crippen LogP contribution >= 0.6 is 0 Å². The summed E-state index contributed by atoms with van der Waals surface area (Å²) in [4.78, 5) is 4.30. The molecular weight excluding hydrogens is 248 g/mol. The van der Waals surface area contributed by atoms with Crippen LogP contribution in [0, 0.1) is 5.92 Å². The van der Waals surface area contributed by atoms with E-state index in [0.717, 1.165) is 11.3 Å². The van der Waals surface area contributed by atoms with Crippen LogP contribution in [0.2, 0.25) is 0 Å². The molecule has 0 fully saturated rings. The third-order valence-corrected chi connectivity index (χ3v) is 3.44. The molecule has 20 heavy (non-hydrogen) atoms. The minimum atomic E-state index is -0.514. The van der Waals surface area contributed by atoms with E-state index in [9.17, 15) is 5.11 Å². The van der Waals surface area contributed by atoms with E-state index in [1.54, 1.807) is 6.20 Å². The number of benzene rings is 1. The number of nitrogens with one attached hydrogen (secondary N) is 1. The Labute approximate surface area is 120 Å². The predicted octanol–water partition coefficient (Wildman–Crippen LogP) is 2.93. The number of nitrogens with zero attached hydrogens (tertiary/aromatic N) is 1. The average Bonchev–Trinajstić information content (AvgIpc) is 2.49. The lowest BCUT2D eigenvalue weighted by Crippen LogP contribution is -2.39. The molecule has 3 nitrogen and oxygen atoms in total. The fourth-order valence-electron chi connectivity index (χ4n) is 2.29. The Bertz CT molecular complexity index is 499. The van der Waals surface area contributed by atoms with E-state index in [0.29, 0.717) is 12.5 Å². The number of aliphatic hydroxyl groups excluding tert-OH is 1. The van der Waals surface area contributed by atoms with Crippen molar-refractivity contribution in [1.29, 1.82) is 0 Å². The molecule has 0 saturated heterocycles. The van der Waals surface area contributed by atoms with Gasteiger partial charge < -0.3 is 10.4 Å². The van der Waals surface area contributed by atoms with Gasteiger partial charge in [0, 0.05) is 18.8 Å². The summed E-state index contributed by atoms with van der Waals surface area (Å²) >= 11 is 0. The Hall–Kier alpha value is -1.71. The molecule has 0 aliphatic carbocycles. The molecule has 1 aromatic carbocycles. The van der Waals surface area contributed by atoms with Crippen LogP contribution in [0.5, 0.6) is 0 Å². The number of hydrogen-bond donors (Lipinski definition) is 2. The van der Waals surface area contributed by atoms with Crippen LogP contribution in [0.15, 0.2) is 54.7 Å². The Balaban J connectivity index is 2.04. The van der Waals surface area contributed by atoms with E-state index in [1.807, 2.05) is 48.5 Å². The molecular formula is C17H22N2O. The van der Waals surface area contributed by atoms with Gasteiger partial charge >= 0.3 is 0 Å². The van der Waals surface area contributed by atoms with Gasteiger partial charge in [0.25, 0.3) is 0 Å². The Kier molecular flexibility index (Phi) is 5.27. The van der Waals surface area contributed by atoms with Gasteiger partial charge in [0.05, 0.1) is 11.8 Å². The van der Waals surface area contributed by atoms with E-state index in [2.05, 4.69) is 24.1 Å². The second kappa shape index (κ2) is 7.17. The van der Waals surface area contributed by atoms with Crippen molar-refractivity contribution in [3.8, 4) is 0 Å². The van der Waals surface area contributed by atoms with Gasteiger partial charge in [0.2, 0.25) is 0 Å². The lowest BCUT2D eigenvalue weighted by atomic mass is 9.93. The number of aliphatic hydroxyl groups is 1. The third-order valence-electron chi connectivity index (χ3n) is 3.44. The van der Waals surface area contributed by atoms with E-state index >= 15 is 0 Å². The van der Waals surface area contributed by atoms with E-state index in [-0.39, 0.29) is 6.04 Å². The maximum atomic E-state index is 10.5. The van der Waals surface area contributed by atoms with Crippen molar-refractivity contribution in [2.45, 2.75) is 32.5 Å². The van der Waals surface area contributed by atoms with Crippen LogP contribution in [0.3, 0.4) is 0 Å². The van der Waals surface area contributed by atoms with Crippen molar-refractivity contribution in [1.82, 2.24) is 10.3 Å². The molecule has 0 saturated carbocycles. The molecule has 0 radical (unpaired) electrons. The summed E-state index contributed by atoms with van der Waals surface area (Å²) in [5.74, 6) is 0.328. The lowest BCUT2D eigenvalue weighted by molar-refractivity contribution is 0.104. The van der Waals surface area contributed by atoms with Gasteiger partial charge in [-0.05, 0) is 23.6 Å². The smallest absolute Gasteiger partial charge is 0.0945 e. The Morgan fingerprint density at radius 2 is 1.75 bits per heavy atom. The van der Waals surface area contributed by atoms with Gasteiger partial charge in [-0.2, -0.15) is 0 Å². The van der Waals surface area contributed by atoms with Crippen LogP contribution < -0.4 is 5.32 Å². The molecule has 0 spiro atoms. The first-order chi connectivity index (χ1) is 9.68. The third kappa shape index (κ3) is 3.89. The maximum absolute atomic E-state index is 10.5. The van der Waals surface area contributed by atoms with Crippen molar-refractivity contribution >= 4 is 0 Å². The van der Waals surface area contributed by atoms with Crippen LogP contribution in [-0.2, 0) is 6.54 Å². The molecule has 0 amide bonds. The molecule has 3 heteroatoms. The monoisotopic (exact) mass is 270 g/mol. The summed E-state index contributed by atoms with van der Waals surface area (Å²) in [6.45, 7) is 4.89. The minimum absolute atomic E-state index is 0.000550. The molecule has 1 heterocycles. The van der Waals surface area contributed by atoms with Gasteiger partial charge in [-0.25, -0.2) is 0 Å². The summed E-state index contributed by atoms with van der Waals surface area (Å²) in [5.41, 5.74) is 1.93. The normalized spacial score (nSPS) is 14.2. The van der Waals surface area contributed by atoms with Crippen LogP contribution in [-0.4, -0.2) is 16.1 Å². The van der Waals surface area contributed by atoms with Gasteiger partial charge in [0.1, 0.15) is 0 Å². The largest absolute Gasteiger partial charge is 0.387 e. The number of aromatic nitrogens is 1. The van der Waals surface area contributed by atoms with Crippen molar-refractivity contribution in [3.63, 3.8) is 0 Å². The van der Waals surface area contributed by atoms with Crippen molar-refractivity contribution in [3.05, 3.63) is 66.0 Å². The predicted molar refractivity (Wildman–Crippen MR) is 81.1 cm³/mol. The highest BCUT2D eigenvalue weighted by atomic mass is 16.3. The molecule has 2 N–H and O–H groups in total. The second-order valence-electron chi connectivity index (χ2n) is 5.33. The topological polar surface area (TPSA) is 45.2 Å². The van der Waals surface area contributed by atoms with Crippen LogP contribution in [0.1, 0.15) is 31.2 Å². The van der Waals surface area contributed by atoms with E-state index < -0.39 is 6.10 Å². The first-order valence-electron chi connectivity index (χ1n) is 7.05. The molecule has 1 aromatic heterocycles. The van der Waals surface area contributed by atoms with Gasteiger partial charge in [-0.3, -0.25) is 4.98 Å². The molecule has 2 aromatic rings. The number of rotatable bonds is 6. The van der Waals surface area contributed by atoms with E-state index in [4.69, 9.17) is 0 Å². The summed E-state index contributed by atoms with van der Waals surface area (Å²) in [6, 6.07) is 15.7. The van der Waals surface area contributed by atoms with Crippen molar-refractivity contribution < 1.29 is 5.11 Å². The highest BCUT2D eigenvalue weighted by Gasteiger charge is 2.23. The highest BCUT2D eigenvalue weighted by Crippen LogP contribution is 2.21. The molecule has 106 valence electrons. The molecule has 0 aliphatic rings. The maximum Gasteiger partial charge on any atom is 0.0945 e. The van der Waals surface area contributed by atoms with Crippen molar-refractivity contribution in [2.75, 3.05) is 0 Å². The van der Waals surface area contributed by atoms with Gasteiger partial charge in [0.15, 0.2) is 0 Å². The zero-order chi connectivity index (χ0) is 14.4. The zero-order valence-electron chi connectivity index (χ0n) is 12.0. The summed E-state index contributed by atoms with van der Waals surface area (Å²) in [6.07, 6.45) is 1.27. The quantitative estimate of drug-likeness (QED) is 0.848. The Morgan fingerprint density at radius 3 is 2.35 bits per heavy atom. The zero-order valence-corrected chi connectivity index (χ0v) is 12.0. The first kappa shape index (κ1) is 14.7. The summed E-state index contributed by atoms with van der Waals surface area (Å²) in [5, 5.41) is 14.0. The van der Waals surface area contributed by atoms with E-state index in [1.165, 1.54) is 0 Å². The molecule has 2 rings (SSSR count). The van der Waals surface area contributed by atoms with Crippen LogP contribution in [0.4, 0.5) is 0 Å². The molecule has 0 aliphatic heterocycles. The summed E-state index contributed by atoms with van der Waals surface area (Å²) in [7, 11) is 0. The fourth-order valence-corrected chi connectivity index (χ4v) is 2.29. The van der Waals surface area contributed by atoms with Crippen LogP contribution in [0.25, 0.3) is 0 Å². The Morgan fingerprint density at radius 1 is 1.05 bits per heavy atom. The fraction of sp³-hybridized carbons (Fsp3) is 0.353. The second-order valence-corrected chi connectivity index (χ2v) is 5.33. The van der Waals surface area contributed by atoms with Gasteiger partial charge in [-0.15, -0.1) is 0 Å². The molecule has 0 bridgehead atoms. The van der Waals surface area contributed by atoms with Crippen molar-refractivity contribution in [2.24, 2.45) is 5.92 Å². The SMILES string of the molecule is CC(C)C(NCc1ccccn1)C(O)c1ccccc1. The number of pyridine rings is 1. The lowest BCUT2D eigenvalue weighted by Gasteiger charge is -2.28. The van der Waals surface area contributed by atoms with Gasteiger partial charge in [-0.1, -0.05) is 50.2 Å². The molecule has 2 atom stereocenters. The first-order valence-corrected chi connectivity index (χ1v) is 7.05. The minimum Gasteiger partial charge on any atom is -0.387 e. The highest BCUT2D eigenvalue weighted by molar-refractivity contribution is 5.19. The molecule has 2 unspecified atom stereocenters. The number of hydrogen-bond acceptors (Lipinski definition) is 3. The standard InChI is InChI=1S/C17H22N2O/c1-13(2)16(17(20)14-8-4-3-5-9-14)19-12-15-10-6-7-11-18-15/h3-11,13,16-17,19-20H,12H2,1-2H3.